The molecular weight excluding hydrogens is 560 g/mol. The number of aryl methyl sites for hydroxylation is 1. The number of aliphatic hydroxyl groups is 1. The second kappa shape index (κ2) is 15.3. The lowest BCUT2D eigenvalue weighted by Gasteiger charge is -2.26. The molecule has 5 rings (SSSR count). The first kappa shape index (κ1) is 30.9. The number of morpholine rings is 1. The normalized spacial score (nSPS) is 13.4. The Labute approximate surface area is 257 Å². The molecule has 0 spiro atoms. The Kier molecular flexibility index (Phi) is 10.7. The van der Waals surface area contributed by atoms with Gasteiger partial charge >= 0.3 is 11.8 Å². The second-order valence-corrected chi connectivity index (χ2v) is 10.6. The van der Waals surface area contributed by atoms with Crippen LogP contribution in [0.3, 0.4) is 0 Å². The molecule has 0 unspecified atom stereocenters. The monoisotopic (exact) mass is 598 g/mol. The van der Waals surface area contributed by atoms with Gasteiger partial charge in [-0.2, -0.15) is 0 Å². The Hall–Kier alpha value is -4.51. The van der Waals surface area contributed by atoms with Crippen molar-refractivity contribution in [2.75, 3.05) is 51.3 Å². The summed E-state index contributed by atoms with van der Waals surface area (Å²) < 4.78 is 17.7. The van der Waals surface area contributed by atoms with Crippen molar-refractivity contribution in [3.8, 4) is 17.2 Å². The number of hydrogen-bond acceptors (Lipinski definition) is 8. The van der Waals surface area contributed by atoms with E-state index in [-0.39, 0.29) is 6.61 Å². The summed E-state index contributed by atoms with van der Waals surface area (Å²) in [6, 6.07) is 20.4. The summed E-state index contributed by atoms with van der Waals surface area (Å²) in [5.41, 5.74) is 3.66. The van der Waals surface area contributed by atoms with E-state index in [1.54, 1.807) is 30.5 Å². The maximum absolute atomic E-state index is 12.4. The molecule has 0 saturated carbocycles. The van der Waals surface area contributed by atoms with E-state index in [0.717, 1.165) is 55.8 Å². The van der Waals surface area contributed by atoms with Crippen molar-refractivity contribution in [2.24, 2.45) is 0 Å². The molecule has 10 heteroatoms. The van der Waals surface area contributed by atoms with E-state index in [0.29, 0.717) is 53.6 Å². The zero-order valence-corrected chi connectivity index (χ0v) is 24.9. The molecule has 0 radical (unpaired) electrons. The Morgan fingerprint density at radius 1 is 0.977 bits per heavy atom. The van der Waals surface area contributed by atoms with Crippen molar-refractivity contribution in [3.63, 3.8) is 0 Å². The molecule has 10 nitrogen and oxygen atoms in total. The summed E-state index contributed by atoms with van der Waals surface area (Å²) in [6.45, 7) is 6.92. The van der Waals surface area contributed by atoms with Crippen LogP contribution in [0.15, 0.2) is 72.9 Å². The number of benzene rings is 3. The molecule has 2 amide bonds. The molecule has 44 heavy (non-hydrogen) atoms. The van der Waals surface area contributed by atoms with Crippen LogP contribution in [0.25, 0.3) is 10.9 Å². The molecule has 3 aromatic carbocycles. The van der Waals surface area contributed by atoms with E-state index in [9.17, 15) is 14.7 Å². The fraction of sp³-hybridized carbons (Fsp3) is 0.324. The molecule has 0 bridgehead atoms. The van der Waals surface area contributed by atoms with Crippen LogP contribution in [0.5, 0.6) is 17.2 Å². The summed E-state index contributed by atoms with van der Waals surface area (Å²) in [7, 11) is 0. The van der Waals surface area contributed by atoms with Gasteiger partial charge in [0.2, 0.25) is 0 Å². The highest BCUT2D eigenvalue weighted by atomic mass is 16.5. The average Bonchev–Trinajstić information content (AvgIpc) is 3.05. The van der Waals surface area contributed by atoms with Gasteiger partial charge in [-0.25, -0.2) is 0 Å². The quantitative estimate of drug-likeness (QED) is 0.164. The number of aliphatic hydroxyl groups excluding tert-OH is 1. The highest BCUT2D eigenvalue weighted by Crippen LogP contribution is 2.35. The van der Waals surface area contributed by atoms with Crippen molar-refractivity contribution in [1.29, 1.82) is 0 Å². The topological polar surface area (TPSA) is 122 Å². The lowest BCUT2D eigenvalue weighted by atomic mass is 10.1. The van der Waals surface area contributed by atoms with Crippen molar-refractivity contribution in [3.05, 3.63) is 89.6 Å². The van der Waals surface area contributed by atoms with E-state index < -0.39 is 11.8 Å². The minimum atomic E-state index is -0.734. The SMILES string of the molecule is Cc1cc(NC(=O)C(=O)NCCc2ccccc2)ccc1Oc1ccnc2cc(OCCCN3CCOCC3)c(CO)cc12. The van der Waals surface area contributed by atoms with Gasteiger partial charge < -0.3 is 30.0 Å². The van der Waals surface area contributed by atoms with Crippen LogP contribution in [0.1, 0.15) is 23.1 Å². The first-order valence-electron chi connectivity index (χ1n) is 14.9. The summed E-state index contributed by atoms with van der Waals surface area (Å²) in [5, 5.41) is 16.1. The van der Waals surface area contributed by atoms with E-state index >= 15 is 0 Å². The highest BCUT2D eigenvalue weighted by Gasteiger charge is 2.16. The number of pyridine rings is 1. The molecule has 0 atom stereocenters. The van der Waals surface area contributed by atoms with Gasteiger partial charge in [0.05, 0.1) is 31.9 Å². The first-order chi connectivity index (χ1) is 21.5. The molecular formula is C34H38N4O6. The number of nitrogens with zero attached hydrogens (tertiary/aromatic N) is 2. The van der Waals surface area contributed by atoms with Crippen LogP contribution in [0.2, 0.25) is 0 Å². The number of aromatic nitrogens is 1. The first-order valence-corrected chi connectivity index (χ1v) is 14.9. The number of rotatable bonds is 12. The molecule has 4 aromatic rings. The van der Waals surface area contributed by atoms with Crippen LogP contribution < -0.4 is 20.1 Å². The molecule has 3 N–H and O–H groups in total. The Bertz CT molecular complexity index is 1570. The molecule has 1 aliphatic rings. The van der Waals surface area contributed by atoms with Crippen molar-refractivity contribution in [2.45, 2.75) is 26.4 Å². The number of amides is 2. The van der Waals surface area contributed by atoms with Crippen molar-refractivity contribution in [1.82, 2.24) is 15.2 Å². The van der Waals surface area contributed by atoms with Gasteiger partial charge in [0.25, 0.3) is 0 Å². The molecule has 1 aromatic heterocycles. The third-order valence-corrected chi connectivity index (χ3v) is 7.44. The number of nitrogens with one attached hydrogen (secondary N) is 2. The van der Waals surface area contributed by atoms with Gasteiger partial charge in [-0.05, 0) is 61.2 Å². The second-order valence-electron chi connectivity index (χ2n) is 10.6. The summed E-state index contributed by atoms with van der Waals surface area (Å²) in [5.74, 6) is 0.328. The fourth-order valence-corrected chi connectivity index (χ4v) is 5.03. The van der Waals surface area contributed by atoms with Crippen LogP contribution >= 0.6 is 0 Å². The number of anilines is 1. The van der Waals surface area contributed by atoms with Crippen LogP contribution in [0.4, 0.5) is 5.69 Å². The summed E-state index contributed by atoms with van der Waals surface area (Å²) >= 11 is 0. The van der Waals surface area contributed by atoms with Gasteiger partial charge in [0, 0.05) is 55.1 Å². The average molecular weight is 599 g/mol. The molecule has 0 aliphatic carbocycles. The van der Waals surface area contributed by atoms with Gasteiger partial charge in [0.1, 0.15) is 17.2 Å². The number of carbonyl (C=O) groups is 2. The van der Waals surface area contributed by atoms with Gasteiger partial charge in [-0.1, -0.05) is 30.3 Å². The molecule has 1 fully saturated rings. The predicted octanol–water partition coefficient (Wildman–Crippen LogP) is 4.23. The Balaban J connectivity index is 1.19. The Morgan fingerprint density at radius 3 is 2.57 bits per heavy atom. The van der Waals surface area contributed by atoms with Gasteiger partial charge in [-0.15, -0.1) is 0 Å². The third-order valence-electron chi connectivity index (χ3n) is 7.44. The Morgan fingerprint density at radius 2 is 1.80 bits per heavy atom. The van der Waals surface area contributed by atoms with Crippen LogP contribution in [-0.4, -0.2) is 72.8 Å². The number of hydrogen-bond donors (Lipinski definition) is 3. The molecule has 1 saturated heterocycles. The standard InChI is InChI=1S/C34H38N4O6/c1-24-20-27(37-34(41)33(40)36-12-10-25-6-3-2-4-7-25)8-9-30(24)44-31-11-13-35-29-22-32(26(23-39)21-28(29)31)43-17-5-14-38-15-18-42-19-16-38/h2-4,6-9,11,13,20-22,39H,5,10,12,14-19,23H2,1H3,(H,36,40)(H,37,41). The minimum absolute atomic E-state index is 0.184. The number of fused-ring (bicyclic) bond motifs is 1. The fourth-order valence-electron chi connectivity index (χ4n) is 5.03. The zero-order valence-electron chi connectivity index (χ0n) is 24.9. The number of ether oxygens (including phenoxy) is 3. The maximum atomic E-state index is 12.4. The van der Waals surface area contributed by atoms with Crippen LogP contribution in [-0.2, 0) is 27.4 Å². The maximum Gasteiger partial charge on any atom is 0.313 e. The van der Waals surface area contributed by atoms with E-state index in [1.165, 1.54) is 0 Å². The van der Waals surface area contributed by atoms with E-state index in [1.807, 2.05) is 49.4 Å². The summed E-state index contributed by atoms with van der Waals surface area (Å²) in [6.07, 6.45) is 3.17. The molecule has 1 aliphatic heterocycles. The van der Waals surface area contributed by atoms with Gasteiger partial charge in [0.15, 0.2) is 0 Å². The minimum Gasteiger partial charge on any atom is -0.493 e. The largest absolute Gasteiger partial charge is 0.493 e. The van der Waals surface area contributed by atoms with Crippen LogP contribution in [0, 0.1) is 6.92 Å². The highest BCUT2D eigenvalue weighted by molar-refractivity contribution is 6.39. The smallest absolute Gasteiger partial charge is 0.313 e. The lowest BCUT2D eigenvalue weighted by molar-refractivity contribution is -0.136. The molecule has 230 valence electrons. The predicted molar refractivity (Wildman–Crippen MR) is 168 cm³/mol. The van der Waals surface area contributed by atoms with Gasteiger partial charge in [-0.3, -0.25) is 19.5 Å². The third kappa shape index (κ3) is 8.31. The van der Waals surface area contributed by atoms with Crippen molar-refractivity contribution >= 4 is 28.4 Å². The molecule has 2 heterocycles. The zero-order chi connectivity index (χ0) is 30.7. The summed E-state index contributed by atoms with van der Waals surface area (Å²) in [4.78, 5) is 31.6. The van der Waals surface area contributed by atoms with E-state index in [4.69, 9.17) is 14.2 Å². The van der Waals surface area contributed by atoms with Crippen molar-refractivity contribution < 1.29 is 28.9 Å². The number of carbonyl (C=O) groups excluding carboxylic acids is 2. The lowest BCUT2D eigenvalue weighted by Crippen LogP contribution is -2.37. The van der Waals surface area contributed by atoms with E-state index in [2.05, 4.69) is 20.5 Å².